The molecule has 0 aromatic carbocycles. The van der Waals surface area contributed by atoms with Gasteiger partial charge in [0, 0.05) is 12.7 Å². The first-order valence-electron chi connectivity index (χ1n) is 5.42. The summed E-state index contributed by atoms with van der Waals surface area (Å²) in [6.07, 6.45) is 4.20. The summed E-state index contributed by atoms with van der Waals surface area (Å²) in [7, 11) is 0. The number of aldehydes is 1. The van der Waals surface area contributed by atoms with Crippen molar-refractivity contribution in [3.63, 3.8) is 0 Å². The molecule has 0 aliphatic heterocycles. The average molecular weight is 224 g/mol. The van der Waals surface area contributed by atoms with Crippen LogP contribution < -0.4 is 0 Å². The lowest BCUT2D eigenvalue weighted by Gasteiger charge is -1.99. The summed E-state index contributed by atoms with van der Waals surface area (Å²) >= 11 is 0. The van der Waals surface area contributed by atoms with E-state index < -0.39 is 5.97 Å². The Hall–Kier alpha value is -1.65. The molecule has 0 saturated heterocycles. The van der Waals surface area contributed by atoms with E-state index in [4.69, 9.17) is 4.74 Å². The van der Waals surface area contributed by atoms with Gasteiger partial charge in [0.2, 0.25) is 0 Å². The molecule has 1 aromatic heterocycles. The van der Waals surface area contributed by atoms with Crippen molar-refractivity contribution in [1.29, 1.82) is 0 Å². The maximum atomic E-state index is 11.5. The van der Waals surface area contributed by atoms with Crippen LogP contribution in [0.3, 0.4) is 0 Å². The summed E-state index contributed by atoms with van der Waals surface area (Å²) in [6, 6.07) is 0. The number of hydrogen-bond acceptors (Lipinski definition) is 4. The van der Waals surface area contributed by atoms with Crippen LogP contribution in [0.25, 0.3) is 0 Å². The number of esters is 1. The molecule has 0 saturated carbocycles. The molecule has 0 aliphatic carbocycles. The second kappa shape index (κ2) is 6.05. The van der Waals surface area contributed by atoms with Gasteiger partial charge in [0.25, 0.3) is 0 Å². The van der Waals surface area contributed by atoms with E-state index >= 15 is 0 Å². The maximum Gasteiger partial charge on any atom is 0.359 e. The predicted molar refractivity (Wildman–Crippen MR) is 58.5 cm³/mol. The molecule has 0 spiro atoms. The van der Waals surface area contributed by atoms with Crippen molar-refractivity contribution < 1.29 is 14.3 Å². The van der Waals surface area contributed by atoms with Crippen LogP contribution in [-0.2, 0) is 11.3 Å². The zero-order valence-corrected chi connectivity index (χ0v) is 9.60. The molecule has 0 fully saturated rings. The SMILES string of the molecule is CCCCn1cc(C=O)c(C(=O)OCC)n1. The summed E-state index contributed by atoms with van der Waals surface area (Å²) in [5, 5.41) is 4.05. The highest BCUT2D eigenvalue weighted by molar-refractivity contribution is 5.96. The fraction of sp³-hybridized carbons (Fsp3) is 0.545. The van der Waals surface area contributed by atoms with Crippen molar-refractivity contribution in [3.05, 3.63) is 17.5 Å². The summed E-state index contributed by atoms with van der Waals surface area (Å²) < 4.78 is 6.43. The Bertz CT molecular complexity index is 371. The summed E-state index contributed by atoms with van der Waals surface area (Å²) in [5.41, 5.74) is 0.391. The van der Waals surface area contributed by atoms with Gasteiger partial charge in [-0.15, -0.1) is 0 Å². The Labute approximate surface area is 94.4 Å². The molecule has 0 unspecified atom stereocenters. The maximum absolute atomic E-state index is 11.5. The lowest BCUT2D eigenvalue weighted by Crippen LogP contribution is -2.08. The van der Waals surface area contributed by atoms with Crippen molar-refractivity contribution in [1.82, 2.24) is 9.78 Å². The summed E-state index contributed by atoms with van der Waals surface area (Å²) in [6.45, 7) is 4.76. The van der Waals surface area contributed by atoms with E-state index in [0.717, 1.165) is 12.8 Å². The number of aryl methyl sites for hydroxylation is 1. The van der Waals surface area contributed by atoms with E-state index in [0.29, 0.717) is 12.8 Å². The Morgan fingerprint density at radius 1 is 1.56 bits per heavy atom. The first-order chi connectivity index (χ1) is 7.72. The van der Waals surface area contributed by atoms with Crippen LogP contribution in [0.4, 0.5) is 0 Å². The number of carbonyl (C=O) groups is 2. The molecule has 0 bridgehead atoms. The van der Waals surface area contributed by atoms with Crippen LogP contribution >= 0.6 is 0 Å². The smallest absolute Gasteiger partial charge is 0.359 e. The number of nitrogens with zero attached hydrogens (tertiary/aromatic N) is 2. The van der Waals surface area contributed by atoms with Gasteiger partial charge in [-0.05, 0) is 13.3 Å². The Morgan fingerprint density at radius 3 is 2.88 bits per heavy atom. The molecule has 0 radical (unpaired) electrons. The molecular formula is C11H16N2O3. The van der Waals surface area contributed by atoms with E-state index in [1.54, 1.807) is 17.8 Å². The monoisotopic (exact) mass is 224 g/mol. The number of hydrogen-bond donors (Lipinski definition) is 0. The highest BCUT2D eigenvalue weighted by Gasteiger charge is 2.17. The van der Waals surface area contributed by atoms with Crippen LogP contribution in [0.5, 0.6) is 0 Å². The average Bonchev–Trinajstić information content (AvgIpc) is 2.70. The molecule has 1 aromatic rings. The van der Waals surface area contributed by atoms with Crippen molar-refractivity contribution in [3.8, 4) is 0 Å². The van der Waals surface area contributed by atoms with E-state index in [2.05, 4.69) is 12.0 Å². The highest BCUT2D eigenvalue weighted by Crippen LogP contribution is 2.07. The molecular weight excluding hydrogens is 208 g/mol. The zero-order chi connectivity index (χ0) is 12.0. The minimum absolute atomic E-state index is 0.105. The van der Waals surface area contributed by atoms with Gasteiger partial charge < -0.3 is 4.74 Å². The molecule has 1 heterocycles. The second-order valence-electron chi connectivity index (χ2n) is 3.39. The quantitative estimate of drug-likeness (QED) is 0.544. The second-order valence-corrected chi connectivity index (χ2v) is 3.39. The van der Waals surface area contributed by atoms with Gasteiger partial charge in [0.05, 0.1) is 12.2 Å². The molecule has 0 amide bonds. The summed E-state index contributed by atoms with van der Waals surface area (Å²) in [5.74, 6) is -0.542. The fourth-order valence-electron chi connectivity index (χ4n) is 1.32. The van der Waals surface area contributed by atoms with E-state index in [1.807, 2.05) is 0 Å². The van der Waals surface area contributed by atoms with E-state index in [9.17, 15) is 9.59 Å². The minimum atomic E-state index is -0.542. The van der Waals surface area contributed by atoms with Crippen molar-refractivity contribution >= 4 is 12.3 Å². The number of ether oxygens (including phenoxy) is 1. The molecule has 16 heavy (non-hydrogen) atoms. The normalized spacial score (nSPS) is 10.1. The topological polar surface area (TPSA) is 61.2 Å². The predicted octanol–water partition coefficient (Wildman–Crippen LogP) is 1.67. The van der Waals surface area contributed by atoms with Gasteiger partial charge in [-0.25, -0.2) is 4.79 Å². The van der Waals surface area contributed by atoms with Crippen molar-refractivity contribution in [2.24, 2.45) is 0 Å². The largest absolute Gasteiger partial charge is 0.461 e. The first kappa shape index (κ1) is 12.4. The third-order valence-corrected chi connectivity index (χ3v) is 2.13. The van der Waals surface area contributed by atoms with Gasteiger partial charge >= 0.3 is 5.97 Å². The van der Waals surface area contributed by atoms with Gasteiger partial charge in [-0.1, -0.05) is 13.3 Å². The van der Waals surface area contributed by atoms with Gasteiger partial charge in [-0.2, -0.15) is 5.10 Å². The van der Waals surface area contributed by atoms with E-state index in [-0.39, 0.29) is 17.9 Å². The lowest BCUT2D eigenvalue weighted by atomic mass is 10.3. The molecule has 1 rings (SSSR count). The molecule has 5 heteroatoms. The van der Waals surface area contributed by atoms with Crippen LogP contribution in [0.1, 0.15) is 47.5 Å². The third-order valence-electron chi connectivity index (χ3n) is 2.13. The van der Waals surface area contributed by atoms with Crippen molar-refractivity contribution in [2.45, 2.75) is 33.2 Å². The Morgan fingerprint density at radius 2 is 2.31 bits per heavy atom. The Balaban J connectivity index is 2.85. The number of rotatable bonds is 6. The molecule has 5 nitrogen and oxygen atoms in total. The number of unbranched alkanes of at least 4 members (excludes halogenated alkanes) is 1. The minimum Gasteiger partial charge on any atom is -0.461 e. The zero-order valence-electron chi connectivity index (χ0n) is 9.60. The number of aromatic nitrogens is 2. The van der Waals surface area contributed by atoms with Gasteiger partial charge in [0.1, 0.15) is 0 Å². The number of carbonyl (C=O) groups excluding carboxylic acids is 2. The van der Waals surface area contributed by atoms with Crippen LogP contribution in [0, 0.1) is 0 Å². The standard InChI is InChI=1S/C11H16N2O3/c1-3-5-6-13-7-9(8-14)10(12-13)11(15)16-4-2/h7-8H,3-6H2,1-2H3. The van der Waals surface area contributed by atoms with Crippen LogP contribution in [-0.4, -0.2) is 28.6 Å². The first-order valence-corrected chi connectivity index (χ1v) is 5.42. The van der Waals surface area contributed by atoms with Gasteiger partial charge in [0.15, 0.2) is 12.0 Å². The molecule has 0 N–H and O–H groups in total. The van der Waals surface area contributed by atoms with E-state index in [1.165, 1.54) is 0 Å². The molecule has 0 aliphatic rings. The molecule has 88 valence electrons. The van der Waals surface area contributed by atoms with Crippen molar-refractivity contribution in [2.75, 3.05) is 6.61 Å². The third kappa shape index (κ3) is 2.92. The fourth-order valence-corrected chi connectivity index (χ4v) is 1.32. The van der Waals surface area contributed by atoms with Crippen LogP contribution in [0.2, 0.25) is 0 Å². The van der Waals surface area contributed by atoms with Gasteiger partial charge in [-0.3, -0.25) is 9.48 Å². The highest BCUT2D eigenvalue weighted by atomic mass is 16.5. The van der Waals surface area contributed by atoms with Crippen LogP contribution in [0.15, 0.2) is 6.20 Å². The summed E-state index contributed by atoms with van der Waals surface area (Å²) in [4.78, 5) is 22.2. The Kier molecular flexibility index (Phi) is 4.69. The molecule has 0 atom stereocenters. The lowest BCUT2D eigenvalue weighted by molar-refractivity contribution is 0.0516.